The van der Waals surface area contributed by atoms with Crippen molar-refractivity contribution in [2.24, 2.45) is 0 Å². The number of aryl methyl sites for hydroxylation is 1. The fraction of sp³-hybridized carbons (Fsp3) is 0.278. The molecule has 7 heteroatoms. The van der Waals surface area contributed by atoms with Crippen LogP contribution in [0, 0.1) is 5.82 Å². The number of alkyl halides is 3. The number of benzene rings is 2. The molecule has 3 rings (SSSR count). The first-order valence-corrected chi connectivity index (χ1v) is 7.81. The van der Waals surface area contributed by atoms with Crippen molar-refractivity contribution < 1.29 is 22.4 Å². The second-order valence-corrected chi connectivity index (χ2v) is 6.07. The minimum absolute atomic E-state index is 0.384. The van der Waals surface area contributed by atoms with Crippen LogP contribution in [-0.4, -0.2) is 5.91 Å². The molecule has 0 saturated heterocycles. The van der Waals surface area contributed by atoms with Crippen molar-refractivity contribution in [3.8, 4) is 0 Å². The molecule has 0 spiro atoms. The van der Waals surface area contributed by atoms with Gasteiger partial charge in [-0.15, -0.1) is 0 Å². The summed E-state index contributed by atoms with van der Waals surface area (Å²) in [5.74, 6) is -1.85. The number of carbonyl (C=O) groups is 1. The van der Waals surface area contributed by atoms with E-state index in [4.69, 9.17) is 5.73 Å². The van der Waals surface area contributed by atoms with Crippen molar-refractivity contribution >= 4 is 11.6 Å². The average molecular weight is 352 g/mol. The van der Waals surface area contributed by atoms with Crippen LogP contribution in [0.25, 0.3) is 0 Å². The molecule has 0 fully saturated rings. The second kappa shape index (κ2) is 6.38. The molecular weight excluding hydrogens is 336 g/mol. The highest BCUT2D eigenvalue weighted by Crippen LogP contribution is 2.33. The molecule has 1 amide bonds. The van der Waals surface area contributed by atoms with E-state index in [1.54, 1.807) is 12.1 Å². The lowest BCUT2D eigenvalue weighted by Crippen LogP contribution is -2.31. The van der Waals surface area contributed by atoms with Gasteiger partial charge >= 0.3 is 6.18 Å². The van der Waals surface area contributed by atoms with Gasteiger partial charge in [-0.1, -0.05) is 6.07 Å². The summed E-state index contributed by atoms with van der Waals surface area (Å²) in [5, 5.41) is 2.64. The molecule has 0 saturated carbocycles. The number of nitrogens with two attached hydrogens (primary N) is 1. The van der Waals surface area contributed by atoms with Crippen LogP contribution in [0.5, 0.6) is 0 Å². The van der Waals surface area contributed by atoms with Crippen molar-refractivity contribution in [3.05, 3.63) is 64.5 Å². The summed E-state index contributed by atoms with van der Waals surface area (Å²) in [6.45, 7) is 0. The van der Waals surface area contributed by atoms with E-state index in [1.807, 2.05) is 6.07 Å². The second-order valence-electron chi connectivity index (χ2n) is 6.07. The Labute approximate surface area is 141 Å². The van der Waals surface area contributed by atoms with Gasteiger partial charge in [-0.3, -0.25) is 4.79 Å². The maximum absolute atomic E-state index is 13.9. The normalized spacial score (nSPS) is 17.0. The Balaban J connectivity index is 1.87. The molecular formula is C18H16F4N2O. The van der Waals surface area contributed by atoms with E-state index in [9.17, 15) is 22.4 Å². The third-order valence-corrected chi connectivity index (χ3v) is 4.32. The third-order valence-electron chi connectivity index (χ3n) is 4.32. The van der Waals surface area contributed by atoms with E-state index in [0.717, 1.165) is 24.0 Å². The summed E-state index contributed by atoms with van der Waals surface area (Å²) in [6, 6.07) is 6.74. The predicted molar refractivity (Wildman–Crippen MR) is 85.4 cm³/mol. The van der Waals surface area contributed by atoms with Gasteiger partial charge in [-0.2, -0.15) is 13.2 Å². The molecule has 1 aliphatic rings. The van der Waals surface area contributed by atoms with Crippen LogP contribution in [0.2, 0.25) is 0 Å². The number of nitrogens with one attached hydrogen (secondary N) is 1. The molecule has 132 valence electrons. The molecule has 1 unspecified atom stereocenters. The number of carbonyl (C=O) groups excluding carboxylic acids is 1. The van der Waals surface area contributed by atoms with Crippen molar-refractivity contribution in [2.75, 3.05) is 5.73 Å². The van der Waals surface area contributed by atoms with Gasteiger partial charge in [0.15, 0.2) is 0 Å². The molecule has 2 aromatic carbocycles. The molecule has 3 nitrogen and oxygen atoms in total. The number of hydrogen-bond acceptors (Lipinski definition) is 2. The fourth-order valence-corrected chi connectivity index (χ4v) is 3.10. The molecule has 1 atom stereocenters. The molecule has 0 aromatic heterocycles. The van der Waals surface area contributed by atoms with Gasteiger partial charge < -0.3 is 11.1 Å². The lowest BCUT2D eigenvalue weighted by Gasteiger charge is -2.27. The Kier molecular flexibility index (Phi) is 4.41. The molecule has 3 N–H and O–H groups in total. The predicted octanol–water partition coefficient (Wildman–Crippen LogP) is 4.23. The first kappa shape index (κ1) is 17.3. The minimum atomic E-state index is -4.64. The number of rotatable bonds is 2. The van der Waals surface area contributed by atoms with Crippen molar-refractivity contribution in [3.63, 3.8) is 0 Å². The van der Waals surface area contributed by atoms with Crippen molar-refractivity contribution in [1.82, 2.24) is 5.32 Å². The van der Waals surface area contributed by atoms with E-state index in [-0.39, 0.29) is 6.04 Å². The van der Waals surface area contributed by atoms with Crippen molar-refractivity contribution in [2.45, 2.75) is 31.5 Å². The number of nitrogen functional groups attached to an aromatic ring is 1. The van der Waals surface area contributed by atoms with Crippen LogP contribution >= 0.6 is 0 Å². The Hall–Kier alpha value is -2.57. The van der Waals surface area contributed by atoms with E-state index < -0.39 is 29.0 Å². The monoisotopic (exact) mass is 352 g/mol. The van der Waals surface area contributed by atoms with Crippen LogP contribution in [-0.2, 0) is 12.6 Å². The van der Waals surface area contributed by atoms with Crippen molar-refractivity contribution in [1.29, 1.82) is 0 Å². The Morgan fingerprint density at radius 2 is 1.92 bits per heavy atom. The zero-order valence-corrected chi connectivity index (χ0v) is 13.2. The van der Waals surface area contributed by atoms with Crippen LogP contribution in [0.3, 0.4) is 0 Å². The van der Waals surface area contributed by atoms with Crippen LogP contribution < -0.4 is 11.1 Å². The SMILES string of the molecule is Nc1ccc2c(c1)CCCC2NC(=O)c1cc(C(F)(F)F)ccc1F. The Morgan fingerprint density at radius 1 is 1.16 bits per heavy atom. The highest BCUT2D eigenvalue weighted by Gasteiger charge is 2.32. The van der Waals surface area contributed by atoms with E-state index in [2.05, 4.69) is 5.32 Å². The Bertz CT molecular complexity index is 817. The molecule has 0 radical (unpaired) electrons. The van der Waals surface area contributed by atoms with E-state index >= 15 is 0 Å². The van der Waals surface area contributed by atoms with E-state index in [0.29, 0.717) is 30.3 Å². The standard InChI is InChI=1S/C18H16F4N2O/c19-15-7-4-11(18(20,21)22)9-14(15)17(25)24-16-3-1-2-10-8-12(23)5-6-13(10)16/h4-9,16H,1-3,23H2,(H,24,25). The lowest BCUT2D eigenvalue weighted by molar-refractivity contribution is -0.137. The molecule has 25 heavy (non-hydrogen) atoms. The van der Waals surface area contributed by atoms with Gasteiger partial charge in [-0.05, 0) is 60.7 Å². The van der Waals surface area contributed by atoms with Gasteiger partial charge in [0.05, 0.1) is 17.2 Å². The Morgan fingerprint density at radius 3 is 2.64 bits per heavy atom. The summed E-state index contributed by atoms with van der Waals surface area (Å²) < 4.78 is 52.2. The molecule has 0 aliphatic heterocycles. The molecule has 0 bridgehead atoms. The van der Waals surface area contributed by atoms with Gasteiger partial charge in [0.25, 0.3) is 5.91 Å². The van der Waals surface area contributed by atoms with Gasteiger partial charge in [-0.25, -0.2) is 4.39 Å². The quantitative estimate of drug-likeness (QED) is 0.628. The zero-order valence-electron chi connectivity index (χ0n) is 13.2. The summed E-state index contributed by atoms with van der Waals surface area (Å²) in [6.07, 6.45) is -2.40. The van der Waals surface area contributed by atoms with Gasteiger partial charge in [0.2, 0.25) is 0 Å². The first-order chi connectivity index (χ1) is 11.8. The maximum atomic E-state index is 13.9. The van der Waals surface area contributed by atoms with Crippen LogP contribution in [0.4, 0.5) is 23.2 Å². The highest BCUT2D eigenvalue weighted by molar-refractivity contribution is 5.95. The van der Waals surface area contributed by atoms with Crippen LogP contribution in [0.1, 0.15) is 45.9 Å². The maximum Gasteiger partial charge on any atom is 0.416 e. The van der Waals surface area contributed by atoms with Gasteiger partial charge in [0, 0.05) is 5.69 Å². The average Bonchev–Trinajstić information content (AvgIpc) is 2.54. The smallest absolute Gasteiger partial charge is 0.399 e. The van der Waals surface area contributed by atoms with Gasteiger partial charge in [0.1, 0.15) is 5.82 Å². The highest BCUT2D eigenvalue weighted by atomic mass is 19.4. The number of fused-ring (bicyclic) bond motifs is 1. The number of halogens is 4. The first-order valence-electron chi connectivity index (χ1n) is 7.81. The van der Waals surface area contributed by atoms with Crippen LogP contribution in [0.15, 0.2) is 36.4 Å². The molecule has 2 aromatic rings. The third kappa shape index (κ3) is 3.60. The fourth-order valence-electron chi connectivity index (χ4n) is 3.10. The largest absolute Gasteiger partial charge is 0.416 e. The number of hydrogen-bond donors (Lipinski definition) is 2. The number of anilines is 1. The van der Waals surface area contributed by atoms with E-state index in [1.165, 1.54) is 0 Å². The summed E-state index contributed by atoms with van der Waals surface area (Å²) in [4.78, 5) is 12.3. The topological polar surface area (TPSA) is 55.1 Å². The molecule has 0 heterocycles. The number of amides is 1. The molecule has 1 aliphatic carbocycles. The zero-order chi connectivity index (χ0) is 18.2. The summed E-state index contributed by atoms with van der Waals surface area (Å²) in [7, 11) is 0. The summed E-state index contributed by atoms with van der Waals surface area (Å²) >= 11 is 0. The minimum Gasteiger partial charge on any atom is -0.399 e. The lowest BCUT2D eigenvalue weighted by atomic mass is 9.87. The summed E-state index contributed by atoms with van der Waals surface area (Å²) in [5.41, 5.74) is 6.54.